The van der Waals surface area contributed by atoms with Crippen LogP contribution >= 0.6 is 23.2 Å². The average molecular weight is 458 g/mol. The SMILES string of the molecule is C[C@]1(CC(=O)O)CC(c2cccc(Cl)c2)[C@@H](c2ccc(Cl)cc2)N(C2C=CCC2)C1=O. The second-order valence-electron chi connectivity index (χ2n) is 8.78. The van der Waals surface area contributed by atoms with Gasteiger partial charge in [-0.3, -0.25) is 9.59 Å². The van der Waals surface area contributed by atoms with Crippen molar-refractivity contribution >= 4 is 35.1 Å². The van der Waals surface area contributed by atoms with Crippen LogP contribution in [0.25, 0.3) is 0 Å². The Balaban J connectivity index is 1.88. The van der Waals surface area contributed by atoms with Gasteiger partial charge in [-0.1, -0.05) is 66.5 Å². The third kappa shape index (κ3) is 4.37. The molecule has 2 aromatic rings. The van der Waals surface area contributed by atoms with E-state index in [1.807, 2.05) is 53.4 Å². The average Bonchev–Trinajstić information content (AvgIpc) is 3.24. The molecule has 0 saturated carbocycles. The molecule has 0 radical (unpaired) electrons. The van der Waals surface area contributed by atoms with Crippen LogP contribution in [0.2, 0.25) is 10.0 Å². The van der Waals surface area contributed by atoms with Crippen molar-refractivity contribution in [3.05, 3.63) is 81.9 Å². The molecule has 1 aliphatic carbocycles. The molecule has 1 aliphatic heterocycles. The lowest BCUT2D eigenvalue weighted by atomic mass is 9.67. The van der Waals surface area contributed by atoms with Crippen LogP contribution in [0.4, 0.5) is 0 Å². The van der Waals surface area contributed by atoms with Gasteiger partial charge in [0, 0.05) is 16.0 Å². The second kappa shape index (κ2) is 8.68. The molecule has 0 bridgehead atoms. The Hall–Kier alpha value is -2.30. The van der Waals surface area contributed by atoms with Crippen LogP contribution in [0.5, 0.6) is 0 Å². The highest BCUT2D eigenvalue weighted by Crippen LogP contribution is 2.52. The zero-order valence-electron chi connectivity index (χ0n) is 17.3. The highest BCUT2D eigenvalue weighted by atomic mass is 35.5. The number of nitrogens with zero attached hydrogens (tertiary/aromatic N) is 1. The van der Waals surface area contributed by atoms with E-state index in [0.717, 1.165) is 24.0 Å². The minimum Gasteiger partial charge on any atom is -0.481 e. The number of halogens is 2. The minimum atomic E-state index is -1.00. The van der Waals surface area contributed by atoms with Crippen molar-refractivity contribution in [2.75, 3.05) is 0 Å². The van der Waals surface area contributed by atoms with E-state index in [-0.39, 0.29) is 30.3 Å². The first-order valence-corrected chi connectivity index (χ1v) is 11.3. The number of carbonyl (C=O) groups is 2. The topological polar surface area (TPSA) is 57.6 Å². The molecule has 4 rings (SSSR count). The third-order valence-electron chi connectivity index (χ3n) is 6.48. The number of carboxylic acid groups (broad SMARTS) is 1. The van der Waals surface area contributed by atoms with Gasteiger partial charge in [-0.2, -0.15) is 0 Å². The van der Waals surface area contributed by atoms with Crippen LogP contribution < -0.4 is 0 Å². The first kappa shape index (κ1) is 21.9. The number of likely N-dealkylation sites (tertiary alicyclic amines) is 1. The van der Waals surface area contributed by atoms with Crippen LogP contribution in [0.15, 0.2) is 60.7 Å². The van der Waals surface area contributed by atoms with Crippen molar-refractivity contribution in [2.45, 2.75) is 50.6 Å². The Kier molecular flexibility index (Phi) is 6.14. The van der Waals surface area contributed by atoms with E-state index in [0.29, 0.717) is 16.5 Å². The Morgan fingerprint density at radius 3 is 2.48 bits per heavy atom. The molecule has 1 saturated heterocycles. The Labute approximate surface area is 192 Å². The zero-order valence-corrected chi connectivity index (χ0v) is 18.8. The van der Waals surface area contributed by atoms with Gasteiger partial charge in [-0.25, -0.2) is 0 Å². The molecule has 2 unspecified atom stereocenters. The molecule has 4 nitrogen and oxygen atoms in total. The monoisotopic (exact) mass is 457 g/mol. The van der Waals surface area contributed by atoms with E-state index in [1.165, 1.54) is 0 Å². The lowest BCUT2D eigenvalue weighted by molar-refractivity contribution is -0.159. The number of benzene rings is 2. The highest BCUT2D eigenvalue weighted by molar-refractivity contribution is 6.30. The molecule has 2 aromatic carbocycles. The number of hydrogen-bond donors (Lipinski definition) is 1. The van der Waals surface area contributed by atoms with E-state index in [9.17, 15) is 14.7 Å². The van der Waals surface area contributed by atoms with Crippen LogP contribution in [-0.4, -0.2) is 27.9 Å². The van der Waals surface area contributed by atoms with Crippen LogP contribution in [-0.2, 0) is 9.59 Å². The summed E-state index contributed by atoms with van der Waals surface area (Å²) in [6.07, 6.45) is 6.12. The molecule has 31 heavy (non-hydrogen) atoms. The van der Waals surface area contributed by atoms with Crippen molar-refractivity contribution in [1.29, 1.82) is 0 Å². The molecule has 1 heterocycles. The van der Waals surface area contributed by atoms with Gasteiger partial charge in [0.2, 0.25) is 5.91 Å². The number of carboxylic acids is 1. The molecule has 0 spiro atoms. The molecule has 1 N–H and O–H groups in total. The third-order valence-corrected chi connectivity index (χ3v) is 6.96. The maximum absolute atomic E-state index is 13.8. The number of carbonyl (C=O) groups excluding carboxylic acids is 1. The molecule has 1 amide bonds. The van der Waals surface area contributed by atoms with Gasteiger partial charge in [0.25, 0.3) is 0 Å². The largest absolute Gasteiger partial charge is 0.481 e. The molecular formula is C25H25Cl2NO3. The van der Waals surface area contributed by atoms with Crippen molar-refractivity contribution in [2.24, 2.45) is 5.41 Å². The Morgan fingerprint density at radius 1 is 1.13 bits per heavy atom. The molecule has 2 aliphatic rings. The summed E-state index contributed by atoms with van der Waals surface area (Å²) >= 11 is 12.5. The van der Waals surface area contributed by atoms with Crippen molar-refractivity contribution in [3.63, 3.8) is 0 Å². The van der Waals surface area contributed by atoms with Crippen LogP contribution in [0.3, 0.4) is 0 Å². The standard InChI is InChI=1S/C25H25Cl2NO3/c1-25(15-22(29)30)14-21(17-5-4-6-19(27)13-17)23(16-9-11-18(26)12-10-16)28(24(25)31)20-7-2-3-8-20/h2,4-7,9-13,20-21,23H,3,8,14-15H2,1H3,(H,29,30)/t20?,21?,23-,25-/m1/s1. The zero-order chi connectivity index (χ0) is 22.2. The number of amides is 1. The molecule has 4 atom stereocenters. The number of piperidine rings is 1. The predicted molar refractivity (Wildman–Crippen MR) is 122 cm³/mol. The minimum absolute atomic E-state index is 0.0664. The predicted octanol–water partition coefficient (Wildman–Crippen LogP) is 6.25. The fourth-order valence-electron chi connectivity index (χ4n) is 5.09. The van der Waals surface area contributed by atoms with Crippen molar-refractivity contribution in [1.82, 2.24) is 4.90 Å². The highest BCUT2D eigenvalue weighted by Gasteiger charge is 2.52. The van der Waals surface area contributed by atoms with E-state index in [4.69, 9.17) is 23.2 Å². The van der Waals surface area contributed by atoms with Gasteiger partial charge >= 0.3 is 5.97 Å². The number of allylic oxidation sites excluding steroid dienone is 1. The number of hydrogen-bond acceptors (Lipinski definition) is 2. The summed E-state index contributed by atoms with van der Waals surface area (Å²) < 4.78 is 0. The van der Waals surface area contributed by atoms with Gasteiger partial charge in [0.1, 0.15) is 0 Å². The maximum atomic E-state index is 13.8. The lowest BCUT2D eigenvalue weighted by Gasteiger charge is -2.51. The van der Waals surface area contributed by atoms with Crippen LogP contribution in [0, 0.1) is 5.41 Å². The van der Waals surface area contributed by atoms with Crippen molar-refractivity contribution < 1.29 is 14.7 Å². The summed E-state index contributed by atoms with van der Waals surface area (Å²) in [5, 5.41) is 10.8. The van der Waals surface area contributed by atoms with Gasteiger partial charge < -0.3 is 10.0 Å². The summed E-state index contributed by atoms with van der Waals surface area (Å²) in [4.78, 5) is 27.5. The quantitative estimate of drug-likeness (QED) is 0.539. The summed E-state index contributed by atoms with van der Waals surface area (Å²) in [5.74, 6) is -1.17. The molecule has 1 fully saturated rings. The normalized spacial score (nSPS) is 28.2. The van der Waals surface area contributed by atoms with E-state index < -0.39 is 11.4 Å². The van der Waals surface area contributed by atoms with E-state index in [1.54, 1.807) is 6.92 Å². The Bertz CT molecular complexity index is 1020. The first-order chi connectivity index (χ1) is 14.8. The first-order valence-electron chi connectivity index (χ1n) is 10.5. The summed E-state index contributed by atoms with van der Waals surface area (Å²) in [5.41, 5.74) is 0.988. The molecule has 6 heteroatoms. The molecule has 162 valence electrons. The second-order valence-corrected chi connectivity index (χ2v) is 9.65. The number of aliphatic carboxylic acids is 1. The van der Waals surface area contributed by atoms with Gasteiger partial charge in [-0.05, 0) is 54.7 Å². The van der Waals surface area contributed by atoms with Crippen molar-refractivity contribution in [3.8, 4) is 0 Å². The summed E-state index contributed by atoms with van der Waals surface area (Å²) in [7, 11) is 0. The van der Waals surface area contributed by atoms with Gasteiger partial charge in [0.15, 0.2) is 0 Å². The van der Waals surface area contributed by atoms with E-state index >= 15 is 0 Å². The molecular weight excluding hydrogens is 433 g/mol. The van der Waals surface area contributed by atoms with Crippen LogP contribution in [0.1, 0.15) is 55.7 Å². The molecule has 0 aromatic heterocycles. The van der Waals surface area contributed by atoms with E-state index in [2.05, 4.69) is 12.2 Å². The maximum Gasteiger partial charge on any atom is 0.304 e. The number of rotatable bonds is 5. The summed E-state index contributed by atoms with van der Waals surface area (Å²) in [6.45, 7) is 1.78. The smallest absolute Gasteiger partial charge is 0.304 e. The lowest BCUT2D eigenvalue weighted by Crippen LogP contribution is -2.55. The van der Waals surface area contributed by atoms with Gasteiger partial charge in [-0.15, -0.1) is 0 Å². The summed E-state index contributed by atoms with van der Waals surface area (Å²) in [6, 6.07) is 15.0. The fraction of sp³-hybridized carbons (Fsp3) is 0.360. The fourth-order valence-corrected chi connectivity index (χ4v) is 5.42. The van der Waals surface area contributed by atoms with Gasteiger partial charge in [0.05, 0.1) is 23.9 Å². The Morgan fingerprint density at radius 2 is 1.87 bits per heavy atom.